The number of benzene rings is 8. The summed E-state index contributed by atoms with van der Waals surface area (Å²) >= 11 is 0. The average Bonchev–Trinajstić information content (AvgIpc) is 3.29. The molecule has 3 nitrogen and oxygen atoms in total. The van der Waals surface area contributed by atoms with Crippen LogP contribution in [-0.2, 0) is 0 Å². The third kappa shape index (κ3) is 6.42. The van der Waals surface area contributed by atoms with E-state index in [4.69, 9.17) is 15.0 Å². The first-order chi connectivity index (χ1) is 27.7. The van der Waals surface area contributed by atoms with Gasteiger partial charge in [-0.25, -0.2) is 15.0 Å². The maximum Gasteiger partial charge on any atom is 0.160 e. The van der Waals surface area contributed by atoms with Crippen LogP contribution in [0.5, 0.6) is 0 Å². The van der Waals surface area contributed by atoms with Crippen molar-refractivity contribution in [3.8, 4) is 78.5 Å². The molecular formula is C53H35N3. The van der Waals surface area contributed by atoms with E-state index in [0.29, 0.717) is 5.82 Å². The molecule has 0 radical (unpaired) electrons. The van der Waals surface area contributed by atoms with Crippen molar-refractivity contribution < 1.29 is 0 Å². The molecule has 3 heteroatoms. The Balaban J connectivity index is 1.12. The molecule has 0 atom stereocenters. The van der Waals surface area contributed by atoms with Crippen LogP contribution in [0.15, 0.2) is 212 Å². The quantitative estimate of drug-likeness (QED) is 0.154. The molecule has 2 heterocycles. The molecule has 0 fully saturated rings. The summed E-state index contributed by atoms with van der Waals surface area (Å²) in [6.07, 6.45) is 0. The van der Waals surface area contributed by atoms with E-state index in [1.54, 1.807) is 0 Å². The third-order valence-corrected chi connectivity index (χ3v) is 10.5. The SMILES string of the molecule is c1ccc(-c2cccc(-c3cc(-c4cccc(-c5ccccc5)c4)nc(-c4ccc(-c5cc(-c6ccccc6)nc6ccc7ccccc7c56)cc4)n3)c2)cc1. The topological polar surface area (TPSA) is 38.7 Å². The summed E-state index contributed by atoms with van der Waals surface area (Å²) in [7, 11) is 0. The van der Waals surface area contributed by atoms with Crippen LogP contribution in [-0.4, -0.2) is 15.0 Å². The second-order valence-corrected chi connectivity index (χ2v) is 14.0. The minimum Gasteiger partial charge on any atom is -0.248 e. The first kappa shape index (κ1) is 33.1. The van der Waals surface area contributed by atoms with Crippen molar-refractivity contribution in [1.29, 1.82) is 0 Å². The van der Waals surface area contributed by atoms with Crippen LogP contribution >= 0.6 is 0 Å². The van der Waals surface area contributed by atoms with Gasteiger partial charge in [0.2, 0.25) is 0 Å². The van der Waals surface area contributed by atoms with E-state index in [9.17, 15) is 0 Å². The first-order valence-electron chi connectivity index (χ1n) is 18.9. The second-order valence-electron chi connectivity index (χ2n) is 14.0. The lowest BCUT2D eigenvalue weighted by atomic mass is 9.94. The van der Waals surface area contributed by atoms with Gasteiger partial charge in [0.05, 0.1) is 22.6 Å². The maximum absolute atomic E-state index is 5.24. The van der Waals surface area contributed by atoms with Gasteiger partial charge in [-0.3, -0.25) is 0 Å². The molecular weight excluding hydrogens is 679 g/mol. The van der Waals surface area contributed by atoms with Gasteiger partial charge in [0.1, 0.15) is 0 Å². The highest BCUT2D eigenvalue weighted by molar-refractivity contribution is 6.13. The Bertz CT molecular complexity index is 2890. The standard InChI is InChI=1S/C53H35N3/c1-4-14-36(15-5-1)42-21-12-23-44(32-42)50-35-51(45-24-13-22-43(33-45)37-16-6-2-7-17-37)56-53(55-50)41-28-26-39(27-29-41)47-34-49(40-19-8-3-9-20-40)54-48-31-30-38-18-10-11-25-46(38)52(47)48/h1-35H. The Hall–Kier alpha value is -7.49. The molecule has 0 aliphatic carbocycles. The summed E-state index contributed by atoms with van der Waals surface area (Å²) in [5.41, 5.74) is 14.7. The molecule has 0 bridgehead atoms. The van der Waals surface area contributed by atoms with Gasteiger partial charge in [-0.15, -0.1) is 0 Å². The molecule has 0 saturated carbocycles. The summed E-state index contributed by atoms with van der Waals surface area (Å²) in [5.74, 6) is 0.675. The second kappa shape index (κ2) is 14.4. The van der Waals surface area contributed by atoms with E-state index in [0.717, 1.165) is 72.5 Å². The normalized spacial score (nSPS) is 11.2. The Morgan fingerprint density at radius 3 is 1.36 bits per heavy atom. The van der Waals surface area contributed by atoms with Gasteiger partial charge in [0.15, 0.2) is 5.82 Å². The van der Waals surface area contributed by atoms with E-state index < -0.39 is 0 Å². The number of hydrogen-bond donors (Lipinski definition) is 0. The van der Waals surface area contributed by atoms with Crippen LogP contribution in [0.25, 0.3) is 100 Å². The van der Waals surface area contributed by atoms with Crippen molar-refractivity contribution in [3.05, 3.63) is 212 Å². The van der Waals surface area contributed by atoms with Crippen LogP contribution < -0.4 is 0 Å². The highest BCUT2D eigenvalue weighted by atomic mass is 14.9. The van der Waals surface area contributed by atoms with Crippen molar-refractivity contribution >= 4 is 21.7 Å². The molecule has 56 heavy (non-hydrogen) atoms. The van der Waals surface area contributed by atoms with Crippen molar-refractivity contribution in [2.75, 3.05) is 0 Å². The largest absolute Gasteiger partial charge is 0.248 e. The lowest BCUT2D eigenvalue weighted by Gasteiger charge is -2.14. The van der Waals surface area contributed by atoms with Gasteiger partial charge in [0.25, 0.3) is 0 Å². The fourth-order valence-electron chi connectivity index (χ4n) is 7.64. The van der Waals surface area contributed by atoms with Gasteiger partial charge < -0.3 is 0 Å². The van der Waals surface area contributed by atoms with Crippen molar-refractivity contribution in [2.45, 2.75) is 0 Å². The molecule has 0 N–H and O–H groups in total. The Kier molecular flexibility index (Phi) is 8.51. The van der Waals surface area contributed by atoms with Gasteiger partial charge in [0, 0.05) is 27.6 Å². The summed E-state index contributed by atoms with van der Waals surface area (Å²) in [6.45, 7) is 0. The summed E-state index contributed by atoms with van der Waals surface area (Å²) in [6, 6.07) is 74.5. The lowest BCUT2D eigenvalue weighted by Crippen LogP contribution is -1.96. The Morgan fingerprint density at radius 2 is 0.750 bits per heavy atom. The summed E-state index contributed by atoms with van der Waals surface area (Å²) in [4.78, 5) is 15.6. The average molecular weight is 714 g/mol. The number of hydrogen-bond acceptors (Lipinski definition) is 3. The Labute approximate surface area is 326 Å². The number of nitrogens with zero attached hydrogens (tertiary/aromatic N) is 3. The minimum atomic E-state index is 0.675. The fraction of sp³-hybridized carbons (Fsp3) is 0. The number of rotatable bonds is 7. The number of fused-ring (bicyclic) bond motifs is 3. The zero-order valence-electron chi connectivity index (χ0n) is 30.5. The van der Waals surface area contributed by atoms with E-state index in [2.05, 4.69) is 194 Å². The third-order valence-electron chi connectivity index (χ3n) is 10.5. The first-order valence-corrected chi connectivity index (χ1v) is 18.9. The van der Waals surface area contributed by atoms with E-state index >= 15 is 0 Å². The van der Waals surface area contributed by atoms with Crippen LogP contribution in [0.2, 0.25) is 0 Å². The van der Waals surface area contributed by atoms with Crippen LogP contribution in [0.3, 0.4) is 0 Å². The molecule has 0 saturated heterocycles. The Morgan fingerprint density at radius 1 is 0.268 bits per heavy atom. The smallest absolute Gasteiger partial charge is 0.160 e. The minimum absolute atomic E-state index is 0.675. The molecule has 0 aliphatic rings. The van der Waals surface area contributed by atoms with Crippen LogP contribution in [0, 0.1) is 0 Å². The monoisotopic (exact) mass is 713 g/mol. The molecule has 0 aliphatic heterocycles. The molecule has 262 valence electrons. The van der Waals surface area contributed by atoms with E-state index in [1.807, 2.05) is 18.2 Å². The highest BCUT2D eigenvalue weighted by Gasteiger charge is 2.16. The predicted molar refractivity (Wildman–Crippen MR) is 233 cm³/mol. The van der Waals surface area contributed by atoms with Gasteiger partial charge in [-0.2, -0.15) is 0 Å². The van der Waals surface area contributed by atoms with Crippen molar-refractivity contribution in [1.82, 2.24) is 15.0 Å². The number of aromatic nitrogens is 3. The van der Waals surface area contributed by atoms with Gasteiger partial charge >= 0.3 is 0 Å². The molecule has 0 amide bonds. The van der Waals surface area contributed by atoms with Crippen LogP contribution in [0.1, 0.15) is 0 Å². The summed E-state index contributed by atoms with van der Waals surface area (Å²) in [5, 5.41) is 3.53. The number of pyridine rings is 1. The zero-order chi connectivity index (χ0) is 37.3. The molecule has 10 aromatic rings. The predicted octanol–water partition coefficient (Wildman–Crippen LogP) is 13.8. The molecule has 0 unspecified atom stereocenters. The van der Waals surface area contributed by atoms with E-state index in [-0.39, 0.29) is 0 Å². The van der Waals surface area contributed by atoms with Crippen molar-refractivity contribution in [3.63, 3.8) is 0 Å². The lowest BCUT2D eigenvalue weighted by molar-refractivity contribution is 1.18. The fourth-order valence-corrected chi connectivity index (χ4v) is 7.64. The summed E-state index contributed by atoms with van der Waals surface area (Å²) < 4.78 is 0. The molecule has 10 rings (SSSR count). The molecule has 2 aromatic heterocycles. The van der Waals surface area contributed by atoms with E-state index in [1.165, 1.54) is 21.9 Å². The van der Waals surface area contributed by atoms with Crippen molar-refractivity contribution in [2.24, 2.45) is 0 Å². The zero-order valence-corrected chi connectivity index (χ0v) is 30.5. The highest BCUT2D eigenvalue weighted by Crippen LogP contribution is 2.38. The van der Waals surface area contributed by atoms with Gasteiger partial charge in [-0.05, 0) is 74.5 Å². The maximum atomic E-state index is 5.24. The molecule has 8 aromatic carbocycles. The van der Waals surface area contributed by atoms with Crippen LogP contribution in [0.4, 0.5) is 0 Å². The molecule has 0 spiro atoms. The van der Waals surface area contributed by atoms with Gasteiger partial charge in [-0.1, -0.05) is 182 Å².